The van der Waals surface area contributed by atoms with E-state index in [1.54, 1.807) is 24.3 Å². The Morgan fingerprint density at radius 2 is 1.85 bits per heavy atom. The van der Waals surface area contributed by atoms with Crippen molar-refractivity contribution in [1.29, 1.82) is 0 Å². The zero-order valence-corrected chi connectivity index (χ0v) is 18.8. The molecule has 0 aliphatic carbocycles. The summed E-state index contributed by atoms with van der Waals surface area (Å²) >= 11 is 6.30. The van der Waals surface area contributed by atoms with Crippen molar-refractivity contribution in [2.24, 2.45) is 0 Å². The molecule has 2 aromatic carbocycles. The van der Waals surface area contributed by atoms with Gasteiger partial charge in [-0.2, -0.15) is 0 Å². The molecular weight excluding hydrogens is 449 g/mol. The first-order valence-corrected chi connectivity index (χ1v) is 11.0. The second-order valence-electron chi connectivity index (χ2n) is 7.37. The fraction of sp³-hybridized carbons (Fsp3) is 0.250. The Kier molecular flexibility index (Phi) is 6.96. The molecule has 9 heteroatoms. The highest BCUT2D eigenvalue weighted by Gasteiger charge is 2.19. The zero-order valence-electron chi connectivity index (χ0n) is 18.0. The molecule has 172 valence electrons. The van der Waals surface area contributed by atoms with Crippen molar-refractivity contribution in [3.05, 3.63) is 91.8 Å². The van der Waals surface area contributed by atoms with Crippen LogP contribution in [0, 0.1) is 5.82 Å². The maximum Gasteiger partial charge on any atom is 0.281 e. The van der Waals surface area contributed by atoms with Crippen molar-refractivity contribution in [1.82, 2.24) is 14.3 Å². The van der Waals surface area contributed by atoms with Crippen LogP contribution in [0.25, 0.3) is 16.6 Å². The van der Waals surface area contributed by atoms with Crippen LogP contribution in [-0.2, 0) is 17.9 Å². The first-order valence-electron chi connectivity index (χ1n) is 10.6. The summed E-state index contributed by atoms with van der Waals surface area (Å²) in [4.78, 5) is 26.4. The largest absolute Gasteiger partial charge is 0.487 e. The van der Waals surface area contributed by atoms with Gasteiger partial charge < -0.3 is 14.0 Å². The topological polar surface area (TPSA) is 78.2 Å². The minimum absolute atomic E-state index is 0.0531. The second kappa shape index (κ2) is 10.1. The number of pyridine rings is 1. The van der Waals surface area contributed by atoms with E-state index >= 15 is 0 Å². The number of halogens is 2. The highest BCUT2D eigenvalue weighted by molar-refractivity contribution is 6.32. The van der Waals surface area contributed by atoms with Crippen LogP contribution >= 0.6 is 11.6 Å². The number of H-pyrrole nitrogens is 1. The lowest BCUT2D eigenvalue weighted by molar-refractivity contribution is 0.141. The van der Waals surface area contributed by atoms with Gasteiger partial charge in [-0.05, 0) is 49.7 Å². The summed E-state index contributed by atoms with van der Waals surface area (Å²) < 4.78 is 27.3. The third-order valence-corrected chi connectivity index (χ3v) is 5.54. The van der Waals surface area contributed by atoms with Gasteiger partial charge in [0.05, 0.1) is 27.3 Å². The van der Waals surface area contributed by atoms with Gasteiger partial charge in [0.1, 0.15) is 18.2 Å². The molecule has 4 rings (SSSR count). The maximum atomic E-state index is 13.4. The van der Waals surface area contributed by atoms with Crippen LogP contribution in [0.1, 0.15) is 19.0 Å². The summed E-state index contributed by atoms with van der Waals surface area (Å²) in [5, 5.41) is 3.71. The molecule has 2 heterocycles. The summed E-state index contributed by atoms with van der Waals surface area (Å²) in [5.74, 6) is 0.0363. The van der Waals surface area contributed by atoms with Gasteiger partial charge in [0.25, 0.3) is 11.1 Å². The van der Waals surface area contributed by atoms with Crippen molar-refractivity contribution >= 4 is 22.5 Å². The third-order valence-electron chi connectivity index (χ3n) is 5.22. The Balaban J connectivity index is 1.81. The van der Waals surface area contributed by atoms with Gasteiger partial charge in [-0.25, -0.2) is 9.07 Å². The van der Waals surface area contributed by atoms with Crippen molar-refractivity contribution in [3.63, 3.8) is 0 Å². The number of rotatable bonds is 9. The van der Waals surface area contributed by atoms with E-state index in [0.29, 0.717) is 59.2 Å². The van der Waals surface area contributed by atoms with Gasteiger partial charge in [-0.1, -0.05) is 23.7 Å². The Labute approximate surface area is 193 Å². The van der Waals surface area contributed by atoms with E-state index in [1.807, 2.05) is 6.92 Å². The van der Waals surface area contributed by atoms with E-state index in [1.165, 1.54) is 39.6 Å². The Morgan fingerprint density at radius 1 is 1.09 bits per heavy atom. The Morgan fingerprint density at radius 3 is 2.58 bits per heavy atom. The summed E-state index contributed by atoms with van der Waals surface area (Å²) in [6, 6.07) is 13.9. The standard InChI is InChI=1S/C24H23ClFN3O4/c1-2-32-13-5-12-28-21(15-33-17-10-8-16(26)9-11-17)23-19(14-22(28)30)27-29(24(23)31)20-7-4-3-6-18(20)25/h3-4,6-11,14,27H,2,5,12-13,15H2,1H3. The number of para-hydroxylation sites is 1. The van der Waals surface area contributed by atoms with Crippen LogP contribution in [0.5, 0.6) is 5.75 Å². The van der Waals surface area contributed by atoms with Crippen molar-refractivity contribution in [2.75, 3.05) is 13.2 Å². The molecule has 0 fully saturated rings. The van der Waals surface area contributed by atoms with Crippen LogP contribution in [-0.4, -0.2) is 27.6 Å². The fourth-order valence-corrected chi connectivity index (χ4v) is 3.88. The molecule has 0 bridgehead atoms. The summed E-state index contributed by atoms with van der Waals surface area (Å²) in [5.41, 5.74) is 0.647. The first-order chi connectivity index (χ1) is 16.0. The predicted octanol–water partition coefficient (Wildman–Crippen LogP) is 4.28. The average molecular weight is 472 g/mol. The molecule has 0 aliphatic rings. The molecule has 0 atom stereocenters. The lowest BCUT2D eigenvalue weighted by atomic mass is 10.2. The van der Waals surface area contributed by atoms with Crippen LogP contribution in [0.3, 0.4) is 0 Å². The van der Waals surface area contributed by atoms with Gasteiger partial charge in [0.15, 0.2) is 0 Å². The lowest BCUT2D eigenvalue weighted by Gasteiger charge is -2.14. The molecule has 0 saturated heterocycles. The molecule has 7 nitrogen and oxygen atoms in total. The number of fused-ring (bicyclic) bond motifs is 1. The minimum atomic E-state index is -0.384. The SMILES string of the molecule is CCOCCCn1c(COc2ccc(F)cc2)c2c(=O)n(-c3ccccc3Cl)[nH]c2cc1=O. The molecule has 0 spiro atoms. The molecule has 0 unspecified atom stereocenters. The van der Waals surface area contributed by atoms with E-state index < -0.39 is 0 Å². The van der Waals surface area contributed by atoms with Gasteiger partial charge in [-0.3, -0.25) is 14.7 Å². The number of nitrogens with one attached hydrogen (secondary N) is 1. The summed E-state index contributed by atoms with van der Waals surface area (Å²) in [6.07, 6.45) is 0.589. The minimum Gasteiger partial charge on any atom is -0.487 e. The fourth-order valence-electron chi connectivity index (χ4n) is 3.66. The number of hydrogen-bond donors (Lipinski definition) is 1. The smallest absolute Gasteiger partial charge is 0.281 e. The van der Waals surface area contributed by atoms with Crippen molar-refractivity contribution in [2.45, 2.75) is 26.5 Å². The van der Waals surface area contributed by atoms with E-state index in [9.17, 15) is 14.0 Å². The van der Waals surface area contributed by atoms with Gasteiger partial charge >= 0.3 is 0 Å². The Bertz CT molecular complexity index is 1380. The van der Waals surface area contributed by atoms with Gasteiger partial charge in [-0.15, -0.1) is 0 Å². The summed E-state index contributed by atoms with van der Waals surface area (Å²) in [6.45, 7) is 3.26. The van der Waals surface area contributed by atoms with E-state index in [4.69, 9.17) is 21.1 Å². The molecule has 0 saturated carbocycles. The predicted molar refractivity (Wildman–Crippen MR) is 125 cm³/mol. The van der Waals surface area contributed by atoms with Gasteiger partial charge in [0.2, 0.25) is 0 Å². The summed E-state index contributed by atoms with van der Waals surface area (Å²) in [7, 11) is 0. The second-order valence-corrected chi connectivity index (χ2v) is 7.77. The van der Waals surface area contributed by atoms with E-state index in [-0.39, 0.29) is 23.5 Å². The normalized spacial score (nSPS) is 11.2. The molecule has 33 heavy (non-hydrogen) atoms. The molecule has 0 aliphatic heterocycles. The van der Waals surface area contributed by atoms with E-state index in [2.05, 4.69) is 5.10 Å². The monoisotopic (exact) mass is 471 g/mol. The van der Waals surface area contributed by atoms with Crippen molar-refractivity contribution in [3.8, 4) is 11.4 Å². The van der Waals surface area contributed by atoms with Crippen LogP contribution in [0.2, 0.25) is 5.02 Å². The third kappa shape index (κ3) is 4.86. The maximum absolute atomic E-state index is 13.4. The highest BCUT2D eigenvalue weighted by atomic mass is 35.5. The number of aromatic nitrogens is 3. The van der Waals surface area contributed by atoms with Gasteiger partial charge in [0, 0.05) is 25.8 Å². The Hall–Kier alpha value is -3.36. The van der Waals surface area contributed by atoms with Crippen LogP contribution in [0.4, 0.5) is 4.39 Å². The van der Waals surface area contributed by atoms with Crippen LogP contribution < -0.4 is 15.9 Å². The van der Waals surface area contributed by atoms with E-state index in [0.717, 1.165) is 0 Å². The number of ether oxygens (including phenoxy) is 2. The number of hydrogen-bond acceptors (Lipinski definition) is 4. The quantitative estimate of drug-likeness (QED) is 0.370. The molecule has 0 radical (unpaired) electrons. The van der Waals surface area contributed by atoms with Crippen molar-refractivity contribution < 1.29 is 13.9 Å². The number of benzene rings is 2. The molecule has 2 aromatic heterocycles. The number of nitrogens with zero attached hydrogens (tertiary/aromatic N) is 2. The molecular formula is C24H23ClFN3O4. The average Bonchev–Trinajstić information content (AvgIpc) is 3.13. The lowest BCUT2D eigenvalue weighted by Crippen LogP contribution is -2.26. The first kappa shape index (κ1) is 22.8. The molecule has 4 aromatic rings. The molecule has 1 N–H and O–H groups in total. The highest BCUT2D eigenvalue weighted by Crippen LogP contribution is 2.21. The van der Waals surface area contributed by atoms with Crippen LogP contribution in [0.15, 0.2) is 64.2 Å². The zero-order chi connectivity index (χ0) is 23.4. The molecule has 0 amide bonds. The number of aromatic amines is 1.